The molecule has 0 saturated carbocycles. The lowest BCUT2D eigenvalue weighted by molar-refractivity contribution is -0.114. The van der Waals surface area contributed by atoms with Crippen LogP contribution < -0.4 is 10.6 Å². The first-order valence-electron chi connectivity index (χ1n) is 8.91. The molecule has 26 heavy (non-hydrogen) atoms. The van der Waals surface area contributed by atoms with E-state index >= 15 is 0 Å². The molecule has 0 fully saturated rings. The minimum absolute atomic E-state index is 0.0682. The van der Waals surface area contributed by atoms with Gasteiger partial charge in [0.2, 0.25) is 5.91 Å². The number of benzene rings is 3. The van der Waals surface area contributed by atoms with Crippen LogP contribution in [-0.4, -0.2) is 12.5 Å². The quantitative estimate of drug-likeness (QED) is 0.617. The smallest absolute Gasteiger partial charge is 0.243 e. The van der Waals surface area contributed by atoms with Crippen LogP contribution in [0.5, 0.6) is 0 Å². The van der Waals surface area contributed by atoms with Gasteiger partial charge < -0.3 is 10.6 Å². The summed E-state index contributed by atoms with van der Waals surface area (Å²) in [5, 5.41) is 6.19. The first-order chi connectivity index (χ1) is 12.6. The van der Waals surface area contributed by atoms with E-state index in [-0.39, 0.29) is 12.5 Å². The van der Waals surface area contributed by atoms with Crippen molar-refractivity contribution in [1.29, 1.82) is 0 Å². The fourth-order valence-electron chi connectivity index (χ4n) is 2.82. The molecule has 132 valence electrons. The summed E-state index contributed by atoms with van der Waals surface area (Å²) < 4.78 is 0. The van der Waals surface area contributed by atoms with Crippen molar-refractivity contribution in [3.63, 3.8) is 0 Å². The van der Waals surface area contributed by atoms with Crippen molar-refractivity contribution in [1.82, 2.24) is 0 Å². The first-order valence-corrected chi connectivity index (χ1v) is 8.91. The maximum Gasteiger partial charge on any atom is 0.243 e. The summed E-state index contributed by atoms with van der Waals surface area (Å²) in [5.41, 5.74) is 5.15. The van der Waals surface area contributed by atoms with Gasteiger partial charge in [0.1, 0.15) is 0 Å². The third-order valence-electron chi connectivity index (χ3n) is 4.32. The second-order valence-corrected chi connectivity index (χ2v) is 6.59. The lowest BCUT2D eigenvalue weighted by Gasteiger charge is -2.13. The molecule has 0 aliphatic rings. The summed E-state index contributed by atoms with van der Waals surface area (Å²) in [4.78, 5) is 12.4. The van der Waals surface area contributed by atoms with Crippen LogP contribution in [-0.2, 0) is 4.79 Å². The zero-order chi connectivity index (χ0) is 18.4. The number of hydrogen-bond acceptors (Lipinski definition) is 2. The predicted octanol–water partition coefficient (Wildman–Crippen LogP) is 5.53. The van der Waals surface area contributed by atoms with Crippen LogP contribution in [0.2, 0.25) is 0 Å². The van der Waals surface area contributed by atoms with Crippen molar-refractivity contribution in [2.24, 2.45) is 0 Å². The Balaban J connectivity index is 1.64. The second-order valence-electron chi connectivity index (χ2n) is 6.59. The number of rotatable bonds is 6. The van der Waals surface area contributed by atoms with Gasteiger partial charge in [-0.25, -0.2) is 0 Å². The summed E-state index contributed by atoms with van der Waals surface area (Å²) >= 11 is 0. The van der Waals surface area contributed by atoms with E-state index in [2.05, 4.69) is 36.6 Å². The summed E-state index contributed by atoms with van der Waals surface area (Å²) in [6, 6.07) is 26.1. The van der Waals surface area contributed by atoms with Crippen LogP contribution in [0.4, 0.5) is 11.4 Å². The van der Waals surface area contributed by atoms with Gasteiger partial charge in [0, 0.05) is 16.9 Å². The molecule has 0 atom stereocenters. The third kappa shape index (κ3) is 4.51. The topological polar surface area (TPSA) is 41.1 Å². The van der Waals surface area contributed by atoms with E-state index < -0.39 is 0 Å². The number of amides is 1. The number of hydrogen-bond donors (Lipinski definition) is 2. The molecule has 0 aliphatic carbocycles. The highest BCUT2D eigenvalue weighted by Gasteiger charge is 2.08. The minimum Gasteiger partial charge on any atom is -0.376 e. The molecule has 1 amide bonds. The van der Waals surface area contributed by atoms with Crippen molar-refractivity contribution in [2.45, 2.75) is 19.8 Å². The molecule has 3 aromatic carbocycles. The van der Waals surface area contributed by atoms with Crippen molar-refractivity contribution >= 4 is 17.3 Å². The highest BCUT2D eigenvalue weighted by Crippen LogP contribution is 2.27. The number of anilines is 2. The normalized spacial score (nSPS) is 10.6. The Morgan fingerprint density at radius 2 is 1.50 bits per heavy atom. The largest absolute Gasteiger partial charge is 0.376 e. The number of carbonyl (C=O) groups excluding carboxylic acids is 1. The number of carbonyl (C=O) groups is 1. The van der Waals surface area contributed by atoms with E-state index in [1.807, 2.05) is 66.7 Å². The van der Waals surface area contributed by atoms with E-state index in [1.165, 1.54) is 5.56 Å². The van der Waals surface area contributed by atoms with Gasteiger partial charge in [-0.05, 0) is 35.2 Å². The first kappa shape index (κ1) is 17.7. The zero-order valence-electron chi connectivity index (χ0n) is 15.2. The SMILES string of the molecule is CC(C)c1ccc(NCC(=O)Nc2ccccc2-c2ccccc2)cc1. The number of para-hydroxylation sites is 1. The minimum atomic E-state index is -0.0682. The molecular formula is C23H24N2O. The molecule has 3 nitrogen and oxygen atoms in total. The van der Waals surface area contributed by atoms with Crippen molar-refractivity contribution in [2.75, 3.05) is 17.2 Å². The van der Waals surface area contributed by atoms with Gasteiger partial charge in [0.05, 0.1) is 6.54 Å². The van der Waals surface area contributed by atoms with Gasteiger partial charge in [-0.3, -0.25) is 4.79 Å². The van der Waals surface area contributed by atoms with E-state index in [0.29, 0.717) is 5.92 Å². The molecule has 3 aromatic rings. The lowest BCUT2D eigenvalue weighted by Crippen LogP contribution is -2.22. The van der Waals surface area contributed by atoms with Gasteiger partial charge >= 0.3 is 0 Å². The Kier molecular flexibility index (Phi) is 5.69. The Labute approximate surface area is 155 Å². The van der Waals surface area contributed by atoms with Gasteiger partial charge in [0.15, 0.2) is 0 Å². The predicted molar refractivity (Wildman–Crippen MR) is 110 cm³/mol. The molecule has 3 rings (SSSR count). The molecule has 0 bridgehead atoms. The van der Waals surface area contributed by atoms with Crippen LogP contribution in [0, 0.1) is 0 Å². The molecule has 0 aliphatic heterocycles. The monoisotopic (exact) mass is 344 g/mol. The fraction of sp³-hybridized carbons (Fsp3) is 0.174. The molecule has 0 unspecified atom stereocenters. The average molecular weight is 344 g/mol. The highest BCUT2D eigenvalue weighted by molar-refractivity contribution is 5.97. The van der Waals surface area contributed by atoms with E-state index in [1.54, 1.807) is 0 Å². The molecule has 3 heteroatoms. The third-order valence-corrected chi connectivity index (χ3v) is 4.32. The maximum atomic E-state index is 12.4. The van der Waals surface area contributed by atoms with E-state index in [0.717, 1.165) is 22.5 Å². The molecule has 0 radical (unpaired) electrons. The average Bonchev–Trinajstić information content (AvgIpc) is 2.68. The summed E-state index contributed by atoms with van der Waals surface area (Å²) in [7, 11) is 0. The maximum absolute atomic E-state index is 12.4. The summed E-state index contributed by atoms with van der Waals surface area (Å²) in [5.74, 6) is 0.433. The Morgan fingerprint density at radius 1 is 0.846 bits per heavy atom. The number of nitrogens with one attached hydrogen (secondary N) is 2. The molecule has 2 N–H and O–H groups in total. The van der Waals surface area contributed by atoms with E-state index in [4.69, 9.17) is 0 Å². The van der Waals surface area contributed by atoms with Crippen LogP contribution in [0.1, 0.15) is 25.3 Å². The molecule has 0 spiro atoms. The van der Waals surface area contributed by atoms with Gasteiger partial charge in [-0.1, -0.05) is 74.5 Å². The molecule has 0 saturated heterocycles. The van der Waals surface area contributed by atoms with Gasteiger partial charge in [-0.2, -0.15) is 0 Å². The standard InChI is InChI=1S/C23H24N2O/c1-17(2)18-12-14-20(15-13-18)24-16-23(26)25-22-11-7-6-10-21(22)19-8-4-3-5-9-19/h3-15,17,24H,16H2,1-2H3,(H,25,26). The van der Waals surface area contributed by atoms with Crippen LogP contribution in [0.15, 0.2) is 78.9 Å². The lowest BCUT2D eigenvalue weighted by atomic mass is 10.0. The Morgan fingerprint density at radius 3 is 2.19 bits per heavy atom. The highest BCUT2D eigenvalue weighted by atomic mass is 16.1. The summed E-state index contributed by atoms with van der Waals surface area (Å²) in [6.45, 7) is 4.56. The van der Waals surface area contributed by atoms with E-state index in [9.17, 15) is 4.79 Å². The molecule has 0 aromatic heterocycles. The van der Waals surface area contributed by atoms with Crippen molar-refractivity contribution in [3.8, 4) is 11.1 Å². The van der Waals surface area contributed by atoms with Crippen LogP contribution >= 0.6 is 0 Å². The van der Waals surface area contributed by atoms with Gasteiger partial charge in [0.25, 0.3) is 0 Å². The molecular weight excluding hydrogens is 320 g/mol. The van der Waals surface area contributed by atoms with Gasteiger partial charge in [-0.15, -0.1) is 0 Å². The molecule has 0 heterocycles. The Bertz CT molecular complexity index is 855. The Hall–Kier alpha value is -3.07. The van der Waals surface area contributed by atoms with Crippen LogP contribution in [0.3, 0.4) is 0 Å². The van der Waals surface area contributed by atoms with Crippen molar-refractivity contribution in [3.05, 3.63) is 84.4 Å². The van der Waals surface area contributed by atoms with Crippen molar-refractivity contribution < 1.29 is 4.79 Å². The second kappa shape index (κ2) is 8.34. The summed E-state index contributed by atoms with van der Waals surface area (Å²) in [6.07, 6.45) is 0. The van der Waals surface area contributed by atoms with Crippen LogP contribution in [0.25, 0.3) is 11.1 Å². The fourth-order valence-corrected chi connectivity index (χ4v) is 2.82. The zero-order valence-corrected chi connectivity index (χ0v) is 15.2.